The largest absolute Gasteiger partial charge is 0.389 e. The van der Waals surface area contributed by atoms with E-state index in [0.717, 1.165) is 18.7 Å². The fourth-order valence-electron chi connectivity index (χ4n) is 2.32. The van der Waals surface area contributed by atoms with E-state index in [1.165, 1.54) is 11.1 Å². The van der Waals surface area contributed by atoms with Crippen LogP contribution in [0.4, 0.5) is 0 Å². The lowest BCUT2D eigenvalue weighted by Gasteiger charge is -2.23. The zero-order chi connectivity index (χ0) is 12.3. The predicted molar refractivity (Wildman–Crippen MR) is 69.9 cm³/mol. The lowest BCUT2D eigenvalue weighted by atomic mass is 9.85. The second-order valence-electron chi connectivity index (χ2n) is 4.68. The SMILES string of the molecule is CCNC1=CC(=O)C[C@H](c2ccc(C)cc2)C1. The molecule has 2 rings (SSSR count). The van der Waals surface area contributed by atoms with Gasteiger partial charge in [-0.3, -0.25) is 4.79 Å². The van der Waals surface area contributed by atoms with Gasteiger partial charge in [0.15, 0.2) is 5.78 Å². The minimum absolute atomic E-state index is 0.234. The highest BCUT2D eigenvalue weighted by atomic mass is 16.1. The van der Waals surface area contributed by atoms with Gasteiger partial charge in [0, 0.05) is 24.7 Å². The number of carbonyl (C=O) groups excluding carboxylic acids is 1. The van der Waals surface area contributed by atoms with E-state index in [1.54, 1.807) is 6.08 Å². The topological polar surface area (TPSA) is 29.1 Å². The van der Waals surface area contributed by atoms with E-state index < -0.39 is 0 Å². The summed E-state index contributed by atoms with van der Waals surface area (Å²) >= 11 is 0. The first kappa shape index (κ1) is 11.9. The number of hydrogen-bond acceptors (Lipinski definition) is 2. The van der Waals surface area contributed by atoms with Crippen molar-refractivity contribution >= 4 is 5.78 Å². The van der Waals surface area contributed by atoms with Crippen molar-refractivity contribution in [1.29, 1.82) is 0 Å². The standard InChI is InChI=1S/C15H19NO/c1-3-16-14-8-13(9-15(17)10-14)12-6-4-11(2)5-7-12/h4-7,10,13,16H,3,8-9H2,1-2H3/t13-/m1/s1. The van der Waals surface area contributed by atoms with Crippen molar-refractivity contribution in [3.8, 4) is 0 Å². The average molecular weight is 229 g/mol. The maximum atomic E-state index is 11.7. The monoisotopic (exact) mass is 229 g/mol. The molecule has 0 saturated carbocycles. The molecule has 0 bridgehead atoms. The number of ketones is 1. The number of carbonyl (C=O) groups is 1. The molecule has 1 atom stereocenters. The number of nitrogens with one attached hydrogen (secondary N) is 1. The summed E-state index contributed by atoms with van der Waals surface area (Å²) in [6.07, 6.45) is 3.34. The molecule has 90 valence electrons. The lowest BCUT2D eigenvalue weighted by Crippen LogP contribution is -2.21. The van der Waals surface area contributed by atoms with Crippen LogP contribution in [-0.2, 0) is 4.79 Å². The van der Waals surface area contributed by atoms with Crippen LogP contribution in [0.1, 0.15) is 36.8 Å². The molecule has 0 spiro atoms. The van der Waals surface area contributed by atoms with Crippen LogP contribution in [0.15, 0.2) is 36.0 Å². The van der Waals surface area contributed by atoms with Gasteiger partial charge in [0.2, 0.25) is 0 Å². The van der Waals surface area contributed by atoms with Crippen LogP contribution < -0.4 is 5.32 Å². The molecule has 0 saturated heterocycles. The molecule has 0 amide bonds. The van der Waals surface area contributed by atoms with Crippen molar-refractivity contribution in [2.24, 2.45) is 0 Å². The Labute approximate surface area is 103 Å². The van der Waals surface area contributed by atoms with Crippen LogP contribution in [-0.4, -0.2) is 12.3 Å². The minimum atomic E-state index is 0.234. The summed E-state index contributed by atoms with van der Waals surface area (Å²) in [5.74, 6) is 0.569. The van der Waals surface area contributed by atoms with E-state index in [1.807, 2.05) is 0 Å². The van der Waals surface area contributed by atoms with Crippen LogP contribution in [0.5, 0.6) is 0 Å². The van der Waals surface area contributed by atoms with Gasteiger partial charge in [0.25, 0.3) is 0 Å². The number of hydrogen-bond donors (Lipinski definition) is 1. The molecule has 1 aromatic carbocycles. The Balaban J connectivity index is 2.15. The minimum Gasteiger partial charge on any atom is -0.389 e. The van der Waals surface area contributed by atoms with Gasteiger partial charge in [0.1, 0.15) is 0 Å². The summed E-state index contributed by atoms with van der Waals surface area (Å²) in [6.45, 7) is 5.01. The molecule has 1 N–H and O–H groups in total. The highest BCUT2D eigenvalue weighted by molar-refractivity contribution is 5.91. The van der Waals surface area contributed by atoms with Gasteiger partial charge in [-0.05, 0) is 31.7 Å². The maximum absolute atomic E-state index is 11.7. The van der Waals surface area contributed by atoms with Crippen molar-refractivity contribution in [2.45, 2.75) is 32.6 Å². The van der Waals surface area contributed by atoms with Crippen LogP contribution in [0.25, 0.3) is 0 Å². The third-order valence-electron chi connectivity index (χ3n) is 3.20. The molecular weight excluding hydrogens is 210 g/mol. The second-order valence-corrected chi connectivity index (χ2v) is 4.68. The molecule has 0 aliphatic heterocycles. The summed E-state index contributed by atoms with van der Waals surface area (Å²) in [7, 11) is 0. The normalized spacial score (nSPS) is 20.0. The maximum Gasteiger partial charge on any atom is 0.158 e. The summed E-state index contributed by atoms with van der Waals surface area (Å²) in [6, 6.07) is 8.51. The van der Waals surface area contributed by atoms with E-state index in [2.05, 4.69) is 43.4 Å². The molecule has 2 heteroatoms. The first-order valence-corrected chi connectivity index (χ1v) is 6.23. The molecule has 0 aromatic heterocycles. The molecule has 0 radical (unpaired) electrons. The number of rotatable bonds is 3. The fourth-order valence-corrected chi connectivity index (χ4v) is 2.32. The van der Waals surface area contributed by atoms with Crippen LogP contribution >= 0.6 is 0 Å². The Morgan fingerprint density at radius 3 is 2.59 bits per heavy atom. The molecule has 1 aliphatic carbocycles. The Kier molecular flexibility index (Phi) is 3.62. The Bertz CT molecular complexity index is 431. The quantitative estimate of drug-likeness (QED) is 0.863. The average Bonchev–Trinajstić information content (AvgIpc) is 2.29. The third-order valence-corrected chi connectivity index (χ3v) is 3.20. The van der Waals surface area contributed by atoms with Gasteiger partial charge >= 0.3 is 0 Å². The van der Waals surface area contributed by atoms with Crippen LogP contribution in [0.3, 0.4) is 0 Å². The summed E-state index contributed by atoms with van der Waals surface area (Å²) in [4.78, 5) is 11.7. The van der Waals surface area contributed by atoms with E-state index in [-0.39, 0.29) is 5.78 Å². The van der Waals surface area contributed by atoms with Crippen molar-refractivity contribution in [3.63, 3.8) is 0 Å². The highest BCUT2D eigenvalue weighted by Gasteiger charge is 2.21. The zero-order valence-electron chi connectivity index (χ0n) is 10.5. The van der Waals surface area contributed by atoms with Gasteiger partial charge in [-0.25, -0.2) is 0 Å². The molecular formula is C15H19NO. The number of allylic oxidation sites excluding steroid dienone is 2. The van der Waals surface area contributed by atoms with E-state index >= 15 is 0 Å². The van der Waals surface area contributed by atoms with Gasteiger partial charge in [-0.1, -0.05) is 29.8 Å². The van der Waals surface area contributed by atoms with E-state index in [4.69, 9.17) is 0 Å². The molecule has 1 aliphatic rings. The molecule has 17 heavy (non-hydrogen) atoms. The summed E-state index contributed by atoms with van der Waals surface area (Å²) in [5.41, 5.74) is 3.61. The van der Waals surface area contributed by atoms with E-state index in [0.29, 0.717) is 12.3 Å². The predicted octanol–water partition coefficient (Wildman–Crippen LogP) is 2.93. The molecule has 2 nitrogen and oxygen atoms in total. The molecule has 1 aromatic rings. The Hall–Kier alpha value is -1.57. The van der Waals surface area contributed by atoms with Crippen molar-refractivity contribution in [1.82, 2.24) is 5.32 Å². The molecule has 0 heterocycles. The number of benzene rings is 1. The van der Waals surface area contributed by atoms with Crippen LogP contribution in [0, 0.1) is 6.92 Å². The fraction of sp³-hybridized carbons (Fsp3) is 0.400. The van der Waals surface area contributed by atoms with Gasteiger partial charge in [-0.2, -0.15) is 0 Å². The van der Waals surface area contributed by atoms with Gasteiger partial charge < -0.3 is 5.32 Å². The van der Waals surface area contributed by atoms with Gasteiger partial charge in [-0.15, -0.1) is 0 Å². The van der Waals surface area contributed by atoms with Crippen molar-refractivity contribution < 1.29 is 4.79 Å². The van der Waals surface area contributed by atoms with Crippen molar-refractivity contribution in [2.75, 3.05) is 6.54 Å². The number of aryl methyl sites for hydroxylation is 1. The third kappa shape index (κ3) is 2.96. The first-order chi connectivity index (χ1) is 8.19. The Morgan fingerprint density at radius 1 is 1.24 bits per heavy atom. The summed E-state index contributed by atoms with van der Waals surface area (Å²) in [5, 5.41) is 3.27. The van der Waals surface area contributed by atoms with Crippen LogP contribution in [0.2, 0.25) is 0 Å². The molecule has 0 unspecified atom stereocenters. The molecule has 0 fully saturated rings. The van der Waals surface area contributed by atoms with Crippen molar-refractivity contribution in [3.05, 3.63) is 47.2 Å². The summed E-state index contributed by atoms with van der Waals surface area (Å²) < 4.78 is 0. The second kappa shape index (κ2) is 5.17. The highest BCUT2D eigenvalue weighted by Crippen LogP contribution is 2.30. The zero-order valence-corrected chi connectivity index (χ0v) is 10.5. The first-order valence-electron chi connectivity index (χ1n) is 6.23. The van der Waals surface area contributed by atoms with E-state index in [9.17, 15) is 4.79 Å². The lowest BCUT2D eigenvalue weighted by molar-refractivity contribution is -0.115. The Morgan fingerprint density at radius 2 is 1.94 bits per heavy atom. The van der Waals surface area contributed by atoms with Gasteiger partial charge in [0.05, 0.1) is 0 Å². The smallest absolute Gasteiger partial charge is 0.158 e.